The minimum atomic E-state index is -0.796. The molecule has 2 aliphatic heterocycles. The van der Waals surface area contributed by atoms with Crippen molar-refractivity contribution in [2.24, 2.45) is 0 Å². The smallest absolute Gasteiger partial charge is 0.344 e. The van der Waals surface area contributed by atoms with Gasteiger partial charge >= 0.3 is 11.7 Å². The second kappa shape index (κ2) is 11.4. The van der Waals surface area contributed by atoms with Gasteiger partial charge in [-0.05, 0) is 36.2 Å². The van der Waals surface area contributed by atoms with Crippen LogP contribution in [-0.4, -0.2) is 67.1 Å². The summed E-state index contributed by atoms with van der Waals surface area (Å²) in [7, 11) is 0. The topological polar surface area (TPSA) is 126 Å². The van der Waals surface area contributed by atoms with E-state index in [-0.39, 0.29) is 17.3 Å². The highest BCUT2D eigenvalue weighted by molar-refractivity contribution is 5.87. The highest BCUT2D eigenvalue weighted by atomic mass is 16.6. The molecule has 0 saturated carbocycles. The zero-order valence-corrected chi connectivity index (χ0v) is 23.4. The number of aromatic amines is 1. The molecule has 10 heteroatoms. The summed E-state index contributed by atoms with van der Waals surface area (Å²) >= 11 is 0. The molecule has 1 saturated heterocycles. The molecule has 10 nitrogen and oxygen atoms in total. The number of hydrogen-bond donors (Lipinski definition) is 3. The van der Waals surface area contributed by atoms with Crippen molar-refractivity contribution < 1.29 is 28.5 Å². The third kappa shape index (κ3) is 4.93. The molecule has 2 aromatic heterocycles. The van der Waals surface area contributed by atoms with E-state index >= 15 is 0 Å². The average Bonchev–Trinajstić information content (AvgIpc) is 3.41. The van der Waals surface area contributed by atoms with Crippen LogP contribution < -0.4 is 20.4 Å². The summed E-state index contributed by atoms with van der Waals surface area (Å²) in [5.41, 5.74) is 2.85. The van der Waals surface area contributed by atoms with Gasteiger partial charge in [-0.25, -0.2) is 9.59 Å². The van der Waals surface area contributed by atoms with Crippen LogP contribution in [0.25, 0.3) is 21.9 Å². The molecule has 5 aromatic rings. The van der Waals surface area contributed by atoms with E-state index in [1.54, 1.807) is 29.2 Å². The van der Waals surface area contributed by atoms with Crippen molar-refractivity contribution in [2.45, 2.75) is 12.3 Å². The lowest BCUT2D eigenvalue weighted by atomic mass is 9.84. The zero-order chi connectivity index (χ0) is 29.3. The number of rotatable bonds is 6. The number of amides is 2. The Morgan fingerprint density at radius 1 is 0.930 bits per heavy atom. The number of ether oxygens (including phenoxy) is 3. The summed E-state index contributed by atoms with van der Waals surface area (Å²) in [5, 5.41) is 16.1. The quantitative estimate of drug-likeness (QED) is 0.252. The van der Waals surface area contributed by atoms with Crippen molar-refractivity contribution in [2.75, 3.05) is 46.1 Å². The molecule has 7 rings (SSSR count). The minimum absolute atomic E-state index is 0.0893. The van der Waals surface area contributed by atoms with Crippen LogP contribution >= 0.6 is 0 Å². The molecule has 0 aliphatic carbocycles. The number of H-pyrrole nitrogens is 1. The fourth-order valence-corrected chi connectivity index (χ4v) is 6.09. The van der Waals surface area contributed by atoms with Crippen LogP contribution in [0.5, 0.6) is 17.2 Å². The SMILES string of the molecule is O=C(NCCc1c(C(c2cccc3c2OCCO3)c2c(O)c3ccccc3oc2=O)[nH]c2ccccc12)N1CCOCC1. The molecular weight excluding hydrogens is 550 g/mol. The third-order valence-corrected chi connectivity index (χ3v) is 8.10. The Labute approximate surface area is 246 Å². The highest BCUT2D eigenvalue weighted by Gasteiger charge is 2.34. The van der Waals surface area contributed by atoms with Crippen molar-refractivity contribution in [1.82, 2.24) is 15.2 Å². The number of fused-ring (bicyclic) bond motifs is 3. The molecule has 1 atom stereocenters. The number of benzene rings is 3. The summed E-state index contributed by atoms with van der Waals surface area (Å²) in [4.78, 5) is 31.9. The Balaban J connectivity index is 1.38. The molecule has 0 bridgehead atoms. The second-order valence-corrected chi connectivity index (χ2v) is 10.6. The van der Waals surface area contributed by atoms with E-state index in [4.69, 9.17) is 18.6 Å². The van der Waals surface area contributed by atoms with Gasteiger partial charge in [0.15, 0.2) is 11.5 Å². The predicted octanol–water partition coefficient (Wildman–Crippen LogP) is 4.52. The van der Waals surface area contributed by atoms with Gasteiger partial charge in [0.1, 0.15) is 24.5 Å². The first-order valence-electron chi connectivity index (χ1n) is 14.4. The third-order valence-electron chi connectivity index (χ3n) is 8.10. The maximum Gasteiger partial charge on any atom is 0.344 e. The van der Waals surface area contributed by atoms with Crippen LogP contribution in [0.3, 0.4) is 0 Å². The van der Waals surface area contributed by atoms with Gasteiger partial charge in [0.05, 0.1) is 30.1 Å². The highest BCUT2D eigenvalue weighted by Crippen LogP contribution is 2.46. The van der Waals surface area contributed by atoms with Crippen molar-refractivity contribution in [3.8, 4) is 17.2 Å². The Kier molecular flexibility index (Phi) is 7.12. The molecule has 3 aromatic carbocycles. The monoisotopic (exact) mass is 581 g/mol. The number of carbonyl (C=O) groups excluding carboxylic acids is 1. The van der Waals surface area contributed by atoms with Crippen LogP contribution in [0.4, 0.5) is 4.79 Å². The van der Waals surface area contributed by atoms with E-state index in [2.05, 4.69) is 10.3 Å². The number of nitrogens with zero attached hydrogens (tertiary/aromatic N) is 1. The van der Waals surface area contributed by atoms with Gasteiger partial charge in [-0.3, -0.25) is 0 Å². The molecule has 2 amide bonds. The summed E-state index contributed by atoms with van der Waals surface area (Å²) in [6.45, 7) is 3.25. The largest absolute Gasteiger partial charge is 0.507 e. The van der Waals surface area contributed by atoms with Crippen LogP contribution in [0, 0.1) is 0 Å². The number of urea groups is 1. The van der Waals surface area contributed by atoms with Crippen LogP contribution in [0.15, 0.2) is 75.9 Å². The molecule has 43 heavy (non-hydrogen) atoms. The summed E-state index contributed by atoms with van der Waals surface area (Å²) in [6.07, 6.45) is 0.470. The fraction of sp³-hybridized carbons (Fsp3) is 0.273. The van der Waals surface area contributed by atoms with E-state index in [1.165, 1.54) is 0 Å². The Hall–Kier alpha value is -4.96. The van der Waals surface area contributed by atoms with Gasteiger partial charge in [0.2, 0.25) is 0 Å². The normalized spacial score (nSPS) is 15.5. The first-order valence-corrected chi connectivity index (χ1v) is 14.4. The van der Waals surface area contributed by atoms with E-state index in [0.29, 0.717) is 86.2 Å². The zero-order valence-electron chi connectivity index (χ0n) is 23.4. The predicted molar refractivity (Wildman–Crippen MR) is 160 cm³/mol. The number of aromatic nitrogens is 1. The van der Waals surface area contributed by atoms with E-state index in [1.807, 2.05) is 42.5 Å². The van der Waals surface area contributed by atoms with Gasteiger partial charge in [-0.15, -0.1) is 0 Å². The summed E-state index contributed by atoms with van der Waals surface area (Å²) in [5.74, 6) is 0.121. The van der Waals surface area contributed by atoms with Gasteiger partial charge in [-0.1, -0.05) is 42.5 Å². The lowest BCUT2D eigenvalue weighted by Crippen LogP contribution is -2.46. The van der Waals surface area contributed by atoms with Crippen molar-refractivity contribution in [1.29, 1.82) is 0 Å². The van der Waals surface area contributed by atoms with Crippen LogP contribution in [0.1, 0.15) is 28.3 Å². The average molecular weight is 582 g/mol. The van der Waals surface area contributed by atoms with Gasteiger partial charge in [0, 0.05) is 41.8 Å². The molecule has 2 aliphatic rings. The Bertz CT molecular complexity index is 1870. The lowest BCUT2D eigenvalue weighted by molar-refractivity contribution is 0.0533. The van der Waals surface area contributed by atoms with Crippen molar-refractivity contribution in [3.05, 3.63) is 99.5 Å². The molecule has 3 N–H and O–H groups in total. The maximum absolute atomic E-state index is 13.7. The van der Waals surface area contributed by atoms with Gasteiger partial charge in [0.25, 0.3) is 0 Å². The number of para-hydroxylation sites is 3. The number of nitrogens with one attached hydrogen (secondary N) is 2. The van der Waals surface area contributed by atoms with E-state index in [0.717, 1.165) is 16.5 Å². The number of hydrogen-bond acceptors (Lipinski definition) is 7. The van der Waals surface area contributed by atoms with Crippen LogP contribution in [-0.2, 0) is 11.2 Å². The first-order chi connectivity index (χ1) is 21.1. The molecule has 0 spiro atoms. The summed E-state index contributed by atoms with van der Waals surface area (Å²) in [6, 6.07) is 20.2. The van der Waals surface area contributed by atoms with Crippen LogP contribution in [0.2, 0.25) is 0 Å². The number of aromatic hydroxyl groups is 1. The summed E-state index contributed by atoms with van der Waals surface area (Å²) < 4.78 is 23.1. The Morgan fingerprint density at radius 3 is 2.56 bits per heavy atom. The van der Waals surface area contributed by atoms with E-state index in [9.17, 15) is 14.7 Å². The lowest BCUT2D eigenvalue weighted by Gasteiger charge is -2.27. The first kappa shape index (κ1) is 26.9. The standard InChI is InChI=1S/C33H31N3O7/c37-30-22-7-2-4-10-25(22)43-32(38)28(30)27(23-8-5-11-26-31(23)42-19-18-41-26)29-21(20-6-1-3-9-24(20)35-29)12-13-34-33(39)36-14-16-40-17-15-36/h1-11,27,35,37H,12-19H2,(H,34,39). The molecule has 0 radical (unpaired) electrons. The number of carbonyl (C=O) groups is 1. The van der Waals surface area contributed by atoms with E-state index < -0.39 is 11.5 Å². The maximum atomic E-state index is 13.7. The van der Waals surface area contributed by atoms with Gasteiger partial charge in [-0.2, -0.15) is 0 Å². The molecule has 220 valence electrons. The Morgan fingerprint density at radius 2 is 1.70 bits per heavy atom. The minimum Gasteiger partial charge on any atom is -0.507 e. The molecule has 1 fully saturated rings. The second-order valence-electron chi connectivity index (χ2n) is 10.6. The molecule has 4 heterocycles. The molecule has 1 unspecified atom stereocenters. The molecular formula is C33H31N3O7. The fourth-order valence-electron chi connectivity index (χ4n) is 6.09. The van der Waals surface area contributed by atoms with Crippen molar-refractivity contribution in [3.63, 3.8) is 0 Å². The van der Waals surface area contributed by atoms with Gasteiger partial charge < -0.3 is 38.9 Å². The number of morpholine rings is 1. The van der Waals surface area contributed by atoms with Crippen molar-refractivity contribution >= 4 is 27.9 Å².